The number of carbonyl (C=O) groups is 1. The minimum absolute atomic E-state index is 0.139. The van der Waals surface area contributed by atoms with Crippen LogP contribution >= 0.6 is 0 Å². The maximum absolute atomic E-state index is 13.2. The number of fused-ring (bicyclic) bond motifs is 1. The van der Waals surface area contributed by atoms with E-state index in [2.05, 4.69) is 15.2 Å². The molecular formula is C31H24FN3O4S. The summed E-state index contributed by atoms with van der Waals surface area (Å²) >= 11 is 0. The van der Waals surface area contributed by atoms with Crippen LogP contribution in [0.25, 0.3) is 10.8 Å². The number of hydrogen-bond acceptors (Lipinski definition) is 5. The van der Waals surface area contributed by atoms with E-state index >= 15 is 0 Å². The van der Waals surface area contributed by atoms with E-state index in [1.165, 1.54) is 54.7 Å². The second-order valence-corrected chi connectivity index (χ2v) is 10.5. The predicted octanol–water partition coefficient (Wildman–Crippen LogP) is 6.12. The molecule has 0 aliphatic carbocycles. The van der Waals surface area contributed by atoms with Gasteiger partial charge in [-0.1, -0.05) is 60.7 Å². The SMILES string of the molecule is O=C(N/N=C\c1c(OCc2ccc(F)cc2)ccc2ccccc12)c1ccc(NS(=O)(=O)c2ccccc2)cc1. The number of nitrogens with zero attached hydrogens (tertiary/aromatic N) is 1. The Morgan fingerprint density at radius 3 is 2.27 bits per heavy atom. The lowest BCUT2D eigenvalue weighted by Crippen LogP contribution is -2.18. The zero-order chi connectivity index (χ0) is 28.0. The van der Waals surface area contributed by atoms with Gasteiger partial charge in [-0.05, 0) is 70.9 Å². The fraction of sp³-hybridized carbons (Fsp3) is 0.0323. The number of rotatable bonds is 9. The fourth-order valence-corrected chi connectivity index (χ4v) is 5.08. The summed E-state index contributed by atoms with van der Waals surface area (Å²) in [6.07, 6.45) is 1.52. The molecule has 0 spiro atoms. The lowest BCUT2D eigenvalue weighted by molar-refractivity contribution is 0.0955. The number of hydrazone groups is 1. The number of halogens is 1. The summed E-state index contributed by atoms with van der Waals surface area (Å²) in [6, 6.07) is 31.6. The van der Waals surface area contributed by atoms with Crippen molar-refractivity contribution in [1.82, 2.24) is 5.43 Å². The quantitative estimate of drug-likeness (QED) is 0.170. The highest BCUT2D eigenvalue weighted by atomic mass is 32.2. The number of nitrogens with one attached hydrogen (secondary N) is 2. The average molecular weight is 554 g/mol. The third-order valence-corrected chi connectivity index (χ3v) is 7.45. The third kappa shape index (κ3) is 6.33. The Bertz CT molecular complexity index is 1770. The Labute approximate surface area is 231 Å². The molecule has 0 aromatic heterocycles. The zero-order valence-corrected chi connectivity index (χ0v) is 21.9. The van der Waals surface area contributed by atoms with Gasteiger partial charge in [0, 0.05) is 16.8 Å². The standard InChI is InChI=1S/C31H24FN3O4S/c32-25-15-10-22(11-16-25)21-39-30-19-14-23-6-4-5-9-28(23)29(30)20-33-34-31(36)24-12-17-26(18-13-24)35-40(37,38)27-7-2-1-3-8-27/h1-20,35H,21H2,(H,34,36)/b33-20-. The van der Waals surface area contributed by atoms with Gasteiger partial charge in [0.2, 0.25) is 0 Å². The lowest BCUT2D eigenvalue weighted by atomic mass is 10.0. The summed E-state index contributed by atoms with van der Waals surface area (Å²) in [7, 11) is -3.74. The van der Waals surface area contributed by atoms with Gasteiger partial charge in [-0.15, -0.1) is 0 Å². The fourth-order valence-electron chi connectivity index (χ4n) is 4.00. The summed E-state index contributed by atoms with van der Waals surface area (Å²) in [5.74, 6) is -0.236. The Hall–Kier alpha value is -5.02. The van der Waals surface area contributed by atoms with Gasteiger partial charge in [0.05, 0.1) is 11.1 Å². The first-order chi connectivity index (χ1) is 19.4. The van der Waals surface area contributed by atoms with E-state index in [9.17, 15) is 17.6 Å². The van der Waals surface area contributed by atoms with Gasteiger partial charge in [-0.25, -0.2) is 18.2 Å². The lowest BCUT2D eigenvalue weighted by Gasteiger charge is -2.12. The van der Waals surface area contributed by atoms with Crippen LogP contribution in [0, 0.1) is 5.82 Å². The highest BCUT2D eigenvalue weighted by molar-refractivity contribution is 7.92. The maximum atomic E-state index is 13.2. The summed E-state index contributed by atoms with van der Waals surface area (Å²) < 4.78 is 46.8. The van der Waals surface area contributed by atoms with Crippen LogP contribution in [0.2, 0.25) is 0 Å². The van der Waals surface area contributed by atoms with Gasteiger partial charge in [-0.3, -0.25) is 9.52 Å². The van der Waals surface area contributed by atoms with Crippen molar-refractivity contribution in [2.75, 3.05) is 4.72 Å². The monoisotopic (exact) mass is 553 g/mol. The second kappa shape index (κ2) is 11.8. The molecule has 1 amide bonds. The Morgan fingerprint density at radius 2 is 1.52 bits per heavy atom. The topological polar surface area (TPSA) is 96.9 Å². The van der Waals surface area contributed by atoms with Gasteiger partial charge in [0.25, 0.3) is 15.9 Å². The van der Waals surface area contributed by atoms with E-state index in [-0.39, 0.29) is 17.3 Å². The van der Waals surface area contributed by atoms with Crippen LogP contribution < -0.4 is 14.9 Å². The van der Waals surface area contributed by atoms with Crippen LogP contribution in [0.3, 0.4) is 0 Å². The molecule has 5 aromatic carbocycles. The number of anilines is 1. The molecule has 7 nitrogen and oxygen atoms in total. The molecule has 0 unspecified atom stereocenters. The van der Waals surface area contributed by atoms with Crippen molar-refractivity contribution in [1.29, 1.82) is 0 Å². The van der Waals surface area contributed by atoms with Gasteiger partial charge < -0.3 is 4.74 Å². The van der Waals surface area contributed by atoms with Crippen molar-refractivity contribution in [3.05, 3.63) is 138 Å². The van der Waals surface area contributed by atoms with Crippen molar-refractivity contribution >= 4 is 38.6 Å². The third-order valence-electron chi connectivity index (χ3n) is 6.05. The van der Waals surface area contributed by atoms with Crippen LogP contribution in [-0.2, 0) is 16.6 Å². The van der Waals surface area contributed by atoms with Crippen molar-refractivity contribution in [3.8, 4) is 5.75 Å². The minimum atomic E-state index is -3.74. The molecule has 0 saturated heterocycles. The highest BCUT2D eigenvalue weighted by Gasteiger charge is 2.14. The second-order valence-electron chi connectivity index (χ2n) is 8.81. The molecule has 0 atom stereocenters. The maximum Gasteiger partial charge on any atom is 0.271 e. The molecule has 2 N–H and O–H groups in total. The smallest absolute Gasteiger partial charge is 0.271 e. The summed E-state index contributed by atoms with van der Waals surface area (Å²) in [5.41, 5.74) is 4.60. The summed E-state index contributed by atoms with van der Waals surface area (Å²) in [4.78, 5) is 12.9. The Morgan fingerprint density at radius 1 is 0.825 bits per heavy atom. The summed E-state index contributed by atoms with van der Waals surface area (Å²) in [5, 5.41) is 6.00. The molecule has 5 aromatic rings. The number of hydrogen-bond donors (Lipinski definition) is 2. The van der Waals surface area contributed by atoms with E-state index in [1.54, 1.807) is 30.3 Å². The molecule has 0 bridgehead atoms. The molecule has 0 fully saturated rings. The molecule has 40 heavy (non-hydrogen) atoms. The number of sulfonamides is 1. The number of benzene rings is 5. The molecule has 0 aliphatic rings. The highest BCUT2D eigenvalue weighted by Crippen LogP contribution is 2.27. The molecule has 0 saturated carbocycles. The molecule has 9 heteroatoms. The molecule has 5 rings (SSSR count). The van der Waals surface area contributed by atoms with Crippen molar-refractivity contribution in [3.63, 3.8) is 0 Å². The number of amides is 1. The minimum Gasteiger partial charge on any atom is -0.488 e. The normalized spacial score (nSPS) is 11.4. The Kier molecular flexibility index (Phi) is 7.84. The van der Waals surface area contributed by atoms with E-state index in [4.69, 9.17) is 4.74 Å². The van der Waals surface area contributed by atoms with Gasteiger partial charge in [0.15, 0.2) is 0 Å². The first kappa shape index (κ1) is 26.6. The molecule has 0 aliphatic heterocycles. The van der Waals surface area contributed by atoms with Crippen molar-refractivity contribution in [2.24, 2.45) is 5.10 Å². The number of ether oxygens (including phenoxy) is 1. The van der Waals surface area contributed by atoms with Gasteiger partial charge in [0.1, 0.15) is 18.2 Å². The molecule has 0 radical (unpaired) electrons. The predicted molar refractivity (Wildman–Crippen MR) is 153 cm³/mol. The zero-order valence-electron chi connectivity index (χ0n) is 21.1. The summed E-state index contributed by atoms with van der Waals surface area (Å²) in [6.45, 7) is 0.228. The largest absolute Gasteiger partial charge is 0.488 e. The molecule has 200 valence electrons. The van der Waals surface area contributed by atoms with Crippen LogP contribution in [0.4, 0.5) is 10.1 Å². The van der Waals surface area contributed by atoms with Crippen LogP contribution in [0.5, 0.6) is 5.75 Å². The first-order valence-corrected chi connectivity index (χ1v) is 13.8. The van der Waals surface area contributed by atoms with Crippen LogP contribution in [-0.4, -0.2) is 20.5 Å². The van der Waals surface area contributed by atoms with Crippen molar-refractivity contribution in [2.45, 2.75) is 11.5 Å². The van der Waals surface area contributed by atoms with Crippen LogP contribution in [0.1, 0.15) is 21.5 Å². The Balaban J connectivity index is 1.29. The molecule has 0 heterocycles. The van der Waals surface area contributed by atoms with Gasteiger partial charge >= 0.3 is 0 Å². The van der Waals surface area contributed by atoms with E-state index in [0.29, 0.717) is 22.6 Å². The first-order valence-electron chi connectivity index (χ1n) is 12.3. The van der Waals surface area contributed by atoms with E-state index in [1.807, 2.05) is 36.4 Å². The average Bonchev–Trinajstić information content (AvgIpc) is 2.98. The van der Waals surface area contributed by atoms with E-state index < -0.39 is 15.9 Å². The molecular weight excluding hydrogens is 529 g/mol. The van der Waals surface area contributed by atoms with E-state index in [0.717, 1.165) is 16.3 Å². The van der Waals surface area contributed by atoms with Gasteiger partial charge in [-0.2, -0.15) is 5.10 Å². The van der Waals surface area contributed by atoms with Crippen LogP contribution in [0.15, 0.2) is 125 Å². The number of carbonyl (C=O) groups excluding carboxylic acids is 1. The van der Waals surface area contributed by atoms with Crippen molar-refractivity contribution < 1.29 is 22.3 Å².